The van der Waals surface area contributed by atoms with Crippen molar-refractivity contribution in [2.75, 3.05) is 5.32 Å². The topological polar surface area (TPSA) is 49.3 Å². The van der Waals surface area contributed by atoms with E-state index in [0.29, 0.717) is 5.56 Å². The number of benzene rings is 2. The van der Waals surface area contributed by atoms with Gasteiger partial charge in [-0.05, 0) is 84.3 Å². The molecular formula is C21H23NO2. The predicted molar refractivity (Wildman–Crippen MR) is 99.2 cm³/mol. The summed E-state index contributed by atoms with van der Waals surface area (Å²) in [6.45, 7) is 8.82. The van der Waals surface area contributed by atoms with Crippen molar-refractivity contribution < 1.29 is 9.90 Å². The van der Waals surface area contributed by atoms with E-state index in [9.17, 15) is 4.79 Å². The van der Waals surface area contributed by atoms with Crippen molar-refractivity contribution in [3.8, 4) is 0 Å². The number of hydrogen-bond donors (Lipinski definition) is 2. The van der Waals surface area contributed by atoms with Crippen molar-refractivity contribution in [2.24, 2.45) is 0 Å². The first-order valence-corrected chi connectivity index (χ1v) is 8.20. The molecule has 24 heavy (non-hydrogen) atoms. The molecule has 0 unspecified atom stereocenters. The van der Waals surface area contributed by atoms with E-state index < -0.39 is 5.97 Å². The number of nitrogens with one attached hydrogen (secondary N) is 1. The lowest BCUT2D eigenvalue weighted by Crippen LogP contribution is -2.21. The summed E-state index contributed by atoms with van der Waals surface area (Å²) in [5.74, 6) is -0.907. The zero-order valence-corrected chi connectivity index (χ0v) is 14.6. The number of hydrogen-bond acceptors (Lipinski definition) is 2. The van der Waals surface area contributed by atoms with Crippen molar-refractivity contribution in [2.45, 2.75) is 39.5 Å². The van der Waals surface area contributed by atoms with Gasteiger partial charge in [0.25, 0.3) is 0 Å². The Bertz CT molecular complexity index is 830. The fourth-order valence-corrected chi connectivity index (χ4v) is 3.21. The lowest BCUT2D eigenvalue weighted by atomic mass is 9.73. The van der Waals surface area contributed by atoms with E-state index in [1.165, 1.54) is 22.3 Å². The van der Waals surface area contributed by atoms with Gasteiger partial charge in [-0.3, -0.25) is 0 Å². The highest BCUT2D eigenvalue weighted by molar-refractivity contribution is 5.88. The van der Waals surface area contributed by atoms with E-state index in [0.717, 1.165) is 17.8 Å². The number of anilines is 2. The number of fused-ring (bicyclic) bond motifs is 1. The fourth-order valence-electron chi connectivity index (χ4n) is 3.21. The van der Waals surface area contributed by atoms with E-state index in [2.05, 4.69) is 51.2 Å². The van der Waals surface area contributed by atoms with Gasteiger partial charge in [-0.25, -0.2) is 4.79 Å². The molecule has 3 heteroatoms. The average molecular weight is 321 g/mol. The quantitative estimate of drug-likeness (QED) is 0.782. The van der Waals surface area contributed by atoms with E-state index in [1.54, 1.807) is 24.3 Å². The minimum atomic E-state index is -0.907. The highest BCUT2D eigenvalue weighted by Gasteiger charge is 2.27. The summed E-state index contributed by atoms with van der Waals surface area (Å²) in [4.78, 5) is 11.0. The zero-order chi connectivity index (χ0) is 17.5. The molecule has 0 spiro atoms. The van der Waals surface area contributed by atoms with Crippen LogP contribution in [0.4, 0.5) is 11.4 Å². The van der Waals surface area contributed by atoms with Gasteiger partial charge in [0.15, 0.2) is 0 Å². The van der Waals surface area contributed by atoms with Gasteiger partial charge < -0.3 is 10.4 Å². The molecule has 0 aromatic heterocycles. The van der Waals surface area contributed by atoms with Gasteiger partial charge in [0.05, 0.1) is 5.56 Å². The molecule has 0 radical (unpaired) electrons. The summed E-state index contributed by atoms with van der Waals surface area (Å²) in [6.07, 6.45) is 3.36. The molecule has 1 aliphatic carbocycles. The van der Waals surface area contributed by atoms with E-state index in [4.69, 9.17) is 5.11 Å². The van der Waals surface area contributed by atoms with Gasteiger partial charge >= 0.3 is 5.97 Å². The second-order valence-electron chi connectivity index (χ2n) is 7.20. The van der Waals surface area contributed by atoms with Gasteiger partial charge in [0.2, 0.25) is 0 Å². The van der Waals surface area contributed by atoms with Crippen LogP contribution in [0.25, 0.3) is 5.57 Å². The molecule has 0 atom stereocenters. The number of carboxylic acid groups (broad SMARTS) is 1. The molecular weight excluding hydrogens is 298 g/mol. The number of allylic oxidation sites excluding steroid dienone is 2. The molecule has 0 aliphatic heterocycles. The molecule has 0 heterocycles. The molecule has 124 valence electrons. The first kappa shape index (κ1) is 16.3. The van der Waals surface area contributed by atoms with Crippen LogP contribution in [0.2, 0.25) is 0 Å². The number of carbonyl (C=O) groups is 1. The molecule has 2 aromatic carbocycles. The summed E-state index contributed by atoms with van der Waals surface area (Å²) in [7, 11) is 0. The monoisotopic (exact) mass is 321 g/mol. The van der Waals surface area contributed by atoms with Crippen LogP contribution in [0.5, 0.6) is 0 Å². The van der Waals surface area contributed by atoms with Crippen molar-refractivity contribution in [3.05, 3.63) is 64.7 Å². The van der Waals surface area contributed by atoms with Gasteiger partial charge in [0.1, 0.15) is 0 Å². The predicted octanol–water partition coefficient (Wildman–Crippen LogP) is 5.52. The summed E-state index contributed by atoms with van der Waals surface area (Å²) in [5.41, 5.74) is 7.58. The zero-order valence-electron chi connectivity index (χ0n) is 14.6. The normalized spacial score (nSPS) is 15.4. The average Bonchev–Trinajstić information content (AvgIpc) is 2.53. The fraction of sp³-hybridized carbons (Fsp3) is 0.286. The smallest absolute Gasteiger partial charge is 0.335 e. The minimum absolute atomic E-state index is 0.117. The van der Waals surface area contributed by atoms with Crippen LogP contribution >= 0.6 is 0 Å². The van der Waals surface area contributed by atoms with Crippen LogP contribution in [-0.2, 0) is 5.41 Å². The number of carboxylic acids is 1. The SMILES string of the molecule is CC1=CCC(C)(C)c2cc(Nc3ccc(C(=O)O)cc3)c(C)cc21. The van der Waals surface area contributed by atoms with Crippen LogP contribution < -0.4 is 5.32 Å². The van der Waals surface area contributed by atoms with Crippen LogP contribution in [0.15, 0.2) is 42.5 Å². The minimum Gasteiger partial charge on any atom is -0.478 e. The van der Waals surface area contributed by atoms with Crippen LogP contribution in [0, 0.1) is 6.92 Å². The Morgan fingerprint density at radius 1 is 1.12 bits per heavy atom. The maximum absolute atomic E-state index is 11.0. The van der Waals surface area contributed by atoms with Gasteiger partial charge in [-0.1, -0.05) is 19.9 Å². The lowest BCUT2D eigenvalue weighted by molar-refractivity contribution is 0.0697. The Hall–Kier alpha value is -2.55. The summed E-state index contributed by atoms with van der Waals surface area (Å²) >= 11 is 0. The van der Waals surface area contributed by atoms with Crippen LogP contribution in [-0.4, -0.2) is 11.1 Å². The van der Waals surface area contributed by atoms with Crippen molar-refractivity contribution >= 4 is 22.9 Å². The van der Waals surface area contributed by atoms with Crippen molar-refractivity contribution in [1.82, 2.24) is 0 Å². The highest BCUT2D eigenvalue weighted by atomic mass is 16.4. The second-order valence-corrected chi connectivity index (χ2v) is 7.20. The maximum atomic E-state index is 11.0. The molecule has 1 aliphatic rings. The number of aryl methyl sites for hydroxylation is 1. The molecule has 0 saturated carbocycles. The number of aromatic carboxylic acids is 1. The standard InChI is InChI=1S/C21H23NO2/c1-13-9-10-21(3,4)18-12-19(14(2)11-17(13)18)22-16-7-5-15(6-8-16)20(23)24/h5-9,11-12,22H,10H2,1-4H3,(H,23,24). The third-order valence-electron chi connectivity index (χ3n) is 4.85. The first-order valence-electron chi connectivity index (χ1n) is 8.20. The summed E-state index contributed by atoms with van der Waals surface area (Å²) < 4.78 is 0. The third-order valence-corrected chi connectivity index (χ3v) is 4.85. The van der Waals surface area contributed by atoms with E-state index in [-0.39, 0.29) is 5.41 Å². The Balaban J connectivity index is 1.97. The Kier molecular flexibility index (Phi) is 3.96. The lowest BCUT2D eigenvalue weighted by Gasteiger charge is -2.32. The number of rotatable bonds is 3. The van der Waals surface area contributed by atoms with Crippen molar-refractivity contribution in [1.29, 1.82) is 0 Å². The molecule has 3 nitrogen and oxygen atoms in total. The van der Waals surface area contributed by atoms with Gasteiger partial charge in [-0.2, -0.15) is 0 Å². The molecule has 2 aromatic rings. The Morgan fingerprint density at radius 3 is 2.42 bits per heavy atom. The molecule has 2 N–H and O–H groups in total. The van der Waals surface area contributed by atoms with E-state index in [1.807, 2.05) is 0 Å². The highest BCUT2D eigenvalue weighted by Crippen LogP contribution is 2.41. The molecule has 0 fully saturated rings. The Labute approximate surface area is 143 Å². The van der Waals surface area contributed by atoms with Gasteiger partial charge in [-0.15, -0.1) is 0 Å². The second kappa shape index (κ2) is 5.82. The van der Waals surface area contributed by atoms with E-state index >= 15 is 0 Å². The van der Waals surface area contributed by atoms with Gasteiger partial charge in [0, 0.05) is 11.4 Å². The van der Waals surface area contributed by atoms with Crippen LogP contribution in [0.3, 0.4) is 0 Å². The largest absolute Gasteiger partial charge is 0.478 e. The molecule has 3 rings (SSSR count). The van der Waals surface area contributed by atoms with Crippen molar-refractivity contribution in [3.63, 3.8) is 0 Å². The molecule has 0 saturated heterocycles. The summed E-state index contributed by atoms with van der Waals surface area (Å²) in [5, 5.41) is 12.4. The molecule has 0 bridgehead atoms. The first-order chi connectivity index (χ1) is 11.3. The van der Waals surface area contributed by atoms with Crippen LogP contribution in [0.1, 0.15) is 54.2 Å². The summed E-state index contributed by atoms with van der Waals surface area (Å²) in [6, 6.07) is 11.3. The molecule has 0 amide bonds. The maximum Gasteiger partial charge on any atom is 0.335 e. The Morgan fingerprint density at radius 2 is 1.79 bits per heavy atom. The third kappa shape index (κ3) is 2.94.